The number of carbonyl (C=O) groups is 1. The Bertz CT molecular complexity index is 868. The van der Waals surface area contributed by atoms with E-state index in [9.17, 15) is 26.4 Å². The van der Waals surface area contributed by atoms with Crippen molar-refractivity contribution in [2.75, 3.05) is 13.1 Å². The van der Waals surface area contributed by atoms with Gasteiger partial charge in [-0.2, -0.15) is 21.6 Å². The van der Waals surface area contributed by atoms with E-state index in [0.29, 0.717) is 24.2 Å². The highest BCUT2D eigenvalue weighted by atomic mass is 79.9. The van der Waals surface area contributed by atoms with Crippen LogP contribution in [0.3, 0.4) is 0 Å². The summed E-state index contributed by atoms with van der Waals surface area (Å²) >= 11 is 3.00. The van der Waals surface area contributed by atoms with E-state index in [-0.39, 0.29) is 16.9 Å². The maximum atomic E-state index is 12.6. The molecule has 2 heterocycles. The van der Waals surface area contributed by atoms with Crippen LogP contribution in [0.4, 0.5) is 18.0 Å². The smallest absolute Gasteiger partial charge is 0.444 e. The SMILES string of the molecule is CC1CN(C(=O)OC(C)(C)C)CCc2cc(Br)c(OS(=O)(=O)C(F)(F)F)nc21. The Kier molecular flexibility index (Phi) is 6.25. The Hall–Kier alpha value is -1.56. The first-order valence-electron chi connectivity index (χ1n) is 8.29. The fraction of sp³-hybridized carbons (Fsp3) is 0.625. The molecule has 158 valence electrons. The van der Waals surface area contributed by atoms with Gasteiger partial charge < -0.3 is 13.8 Å². The molecule has 0 saturated heterocycles. The van der Waals surface area contributed by atoms with Crippen LogP contribution in [0, 0.1) is 0 Å². The third-order valence-corrected chi connectivity index (χ3v) is 5.30. The minimum atomic E-state index is -5.85. The summed E-state index contributed by atoms with van der Waals surface area (Å²) in [6, 6.07) is 1.46. The molecule has 0 radical (unpaired) electrons. The molecule has 0 saturated carbocycles. The Morgan fingerprint density at radius 3 is 2.46 bits per heavy atom. The highest BCUT2D eigenvalue weighted by Crippen LogP contribution is 2.34. The summed E-state index contributed by atoms with van der Waals surface area (Å²) in [6.07, 6.45) is -0.140. The number of fused-ring (bicyclic) bond motifs is 1. The largest absolute Gasteiger partial charge is 0.534 e. The maximum absolute atomic E-state index is 12.6. The molecule has 1 aromatic heterocycles. The van der Waals surface area contributed by atoms with Crippen molar-refractivity contribution in [1.29, 1.82) is 0 Å². The lowest BCUT2D eigenvalue weighted by molar-refractivity contribution is -0.0501. The van der Waals surface area contributed by atoms with Crippen LogP contribution < -0.4 is 4.18 Å². The van der Waals surface area contributed by atoms with Crippen LogP contribution in [0.1, 0.15) is 44.9 Å². The van der Waals surface area contributed by atoms with Crippen molar-refractivity contribution in [3.05, 3.63) is 21.8 Å². The van der Waals surface area contributed by atoms with Crippen molar-refractivity contribution in [3.8, 4) is 5.88 Å². The van der Waals surface area contributed by atoms with Gasteiger partial charge in [-0.25, -0.2) is 9.78 Å². The molecule has 1 amide bonds. The second-order valence-corrected chi connectivity index (χ2v) is 9.77. The molecule has 1 unspecified atom stereocenters. The third-order valence-electron chi connectivity index (χ3n) is 3.79. The Balaban J connectivity index is 2.30. The number of aromatic nitrogens is 1. The predicted octanol–water partition coefficient (Wildman–Crippen LogP) is 3.97. The van der Waals surface area contributed by atoms with Gasteiger partial charge >= 0.3 is 21.7 Å². The number of pyridine rings is 1. The molecular weight excluding hydrogens is 469 g/mol. The maximum Gasteiger partial charge on any atom is 0.534 e. The average Bonchev–Trinajstić information content (AvgIpc) is 2.64. The highest BCUT2D eigenvalue weighted by Gasteiger charge is 2.49. The molecular formula is C16H20BrF3N2O5S. The summed E-state index contributed by atoms with van der Waals surface area (Å²) in [5.74, 6) is -1.08. The minimum absolute atomic E-state index is 0.0306. The molecule has 1 aliphatic rings. The number of alkyl halides is 3. The predicted molar refractivity (Wildman–Crippen MR) is 97.5 cm³/mol. The van der Waals surface area contributed by atoms with Gasteiger partial charge in [0, 0.05) is 19.0 Å². The molecule has 0 spiro atoms. The van der Waals surface area contributed by atoms with E-state index in [1.165, 1.54) is 11.0 Å². The van der Waals surface area contributed by atoms with E-state index in [4.69, 9.17) is 4.74 Å². The molecule has 0 aliphatic carbocycles. The van der Waals surface area contributed by atoms with Crippen molar-refractivity contribution in [1.82, 2.24) is 9.88 Å². The monoisotopic (exact) mass is 488 g/mol. The zero-order valence-corrected chi connectivity index (χ0v) is 18.0. The van der Waals surface area contributed by atoms with Crippen LogP contribution in [-0.4, -0.2) is 48.6 Å². The molecule has 12 heteroatoms. The van der Waals surface area contributed by atoms with E-state index in [0.717, 1.165) is 0 Å². The number of hydrogen-bond donors (Lipinski definition) is 0. The van der Waals surface area contributed by atoms with Crippen LogP contribution in [-0.2, 0) is 21.3 Å². The first-order chi connectivity index (χ1) is 12.6. The summed E-state index contributed by atoms with van der Waals surface area (Å²) in [5.41, 5.74) is -5.21. The standard InChI is InChI=1S/C16H20BrF3N2O5S/c1-9-8-22(14(23)26-15(2,3)4)6-5-10-7-11(17)13(21-12(9)10)27-28(24,25)16(18,19)20/h7,9H,5-6,8H2,1-4H3. The summed E-state index contributed by atoms with van der Waals surface area (Å²) in [6.45, 7) is 7.48. The van der Waals surface area contributed by atoms with Gasteiger partial charge in [-0.05, 0) is 54.8 Å². The van der Waals surface area contributed by atoms with Crippen molar-refractivity contribution in [3.63, 3.8) is 0 Å². The first kappa shape index (κ1) is 22.7. The second-order valence-electron chi connectivity index (χ2n) is 7.38. The van der Waals surface area contributed by atoms with E-state index >= 15 is 0 Å². The van der Waals surface area contributed by atoms with Gasteiger partial charge in [0.05, 0.1) is 10.2 Å². The highest BCUT2D eigenvalue weighted by molar-refractivity contribution is 9.10. The van der Waals surface area contributed by atoms with Gasteiger partial charge in [-0.3, -0.25) is 0 Å². The van der Waals surface area contributed by atoms with Gasteiger partial charge in [0.15, 0.2) is 0 Å². The molecule has 28 heavy (non-hydrogen) atoms. The quantitative estimate of drug-likeness (QED) is 0.462. The van der Waals surface area contributed by atoms with E-state index in [2.05, 4.69) is 25.1 Å². The van der Waals surface area contributed by atoms with Gasteiger partial charge in [0.25, 0.3) is 0 Å². The summed E-state index contributed by atoms with van der Waals surface area (Å²) in [7, 11) is -5.85. The van der Waals surface area contributed by atoms with Gasteiger partial charge in [-0.1, -0.05) is 6.92 Å². The van der Waals surface area contributed by atoms with Crippen LogP contribution in [0.25, 0.3) is 0 Å². The minimum Gasteiger partial charge on any atom is -0.444 e. The number of hydrogen-bond acceptors (Lipinski definition) is 6. The summed E-state index contributed by atoms with van der Waals surface area (Å²) < 4.78 is 69.9. The van der Waals surface area contributed by atoms with E-state index in [1.807, 2.05) is 0 Å². The zero-order valence-electron chi connectivity index (χ0n) is 15.6. The van der Waals surface area contributed by atoms with E-state index in [1.54, 1.807) is 27.7 Å². The number of ether oxygens (including phenoxy) is 1. The molecule has 2 rings (SSSR count). The first-order valence-corrected chi connectivity index (χ1v) is 10.5. The third kappa shape index (κ3) is 5.28. The van der Waals surface area contributed by atoms with Gasteiger partial charge in [-0.15, -0.1) is 0 Å². The molecule has 1 aromatic rings. The fourth-order valence-corrected chi connectivity index (χ4v) is 3.60. The van der Waals surface area contributed by atoms with E-state index < -0.39 is 33.2 Å². The number of carbonyl (C=O) groups excluding carboxylic acids is 1. The average molecular weight is 489 g/mol. The molecule has 0 N–H and O–H groups in total. The number of rotatable bonds is 2. The van der Waals surface area contributed by atoms with Crippen molar-refractivity contribution in [2.24, 2.45) is 0 Å². The van der Waals surface area contributed by atoms with Gasteiger partial charge in [0.2, 0.25) is 5.88 Å². The lowest BCUT2D eigenvalue weighted by Gasteiger charge is -2.27. The molecule has 1 aliphatic heterocycles. The molecule has 0 aromatic carbocycles. The number of nitrogens with zero attached hydrogens (tertiary/aromatic N) is 2. The molecule has 7 nitrogen and oxygen atoms in total. The van der Waals surface area contributed by atoms with Crippen LogP contribution in [0.5, 0.6) is 5.88 Å². The van der Waals surface area contributed by atoms with Crippen molar-refractivity contribution >= 4 is 32.1 Å². The summed E-state index contributed by atoms with van der Waals surface area (Å²) in [4.78, 5) is 17.8. The molecule has 0 bridgehead atoms. The van der Waals surface area contributed by atoms with Crippen LogP contribution in [0.15, 0.2) is 10.5 Å². The Labute approximate surface area is 169 Å². The number of halogens is 4. The Morgan fingerprint density at radius 2 is 1.93 bits per heavy atom. The zero-order chi connectivity index (χ0) is 21.5. The lowest BCUT2D eigenvalue weighted by Crippen LogP contribution is -2.38. The van der Waals surface area contributed by atoms with Gasteiger partial charge in [0.1, 0.15) is 5.60 Å². The second kappa shape index (κ2) is 7.69. The Morgan fingerprint density at radius 1 is 1.32 bits per heavy atom. The fourth-order valence-electron chi connectivity index (χ4n) is 2.62. The van der Waals surface area contributed by atoms with Crippen molar-refractivity contribution < 1.29 is 35.3 Å². The molecule has 0 fully saturated rings. The number of amides is 1. The van der Waals surface area contributed by atoms with Crippen LogP contribution in [0.2, 0.25) is 0 Å². The topological polar surface area (TPSA) is 85.8 Å². The van der Waals surface area contributed by atoms with Crippen molar-refractivity contribution in [2.45, 2.75) is 51.1 Å². The normalized spacial score (nSPS) is 18.3. The van der Waals surface area contributed by atoms with Crippen LogP contribution >= 0.6 is 15.9 Å². The summed E-state index contributed by atoms with van der Waals surface area (Å²) in [5, 5.41) is 0. The lowest BCUT2D eigenvalue weighted by atomic mass is 10.0. The molecule has 1 atom stereocenters.